The summed E-state index contributed by atoms with van der Waals surface area (Å²) >= 11 is 11.6. The van der Waals surface area contributed by atoms with Crippen LogP contribution in [0.25, 0.3) is 0 Å². The molecule has 7 nitrogen and oxygen atoms in total. The van der Waals surface area contributed by atoms with Crippen molar-refractivity contribution in [2.24, 2.45) is 10.2 Å². The Balaban J connectivity index is 1.89. The Morgan fingerprint density at radius 3 is 1.71 bits per heavy atom. The number of nitrogens with zero attached hydrogens (tertiary/aromatic N) is 2. The summed E-state index contributed by atoms with van der Waals surface area (Å²) in [5, 5.41) is 27.3. The van der Waals surface area contributed by atoms with Crippen LogP contribution in [-0.4, -0.2) is 28.7 Å². The van der Waals surface area contributed by atoms with Gasteiger partial charge in [-0.3, -0.25) is 0 Å². The molecule has 0 saturated carbocycles. The fourth-order valence-corrected chi connectivity index (χ4v) is 1.96. The largest absolute Gasteiger partial charge is 0.507 e. The molecule has 4 N–H and O–H groups in total. The second kappa shape index (κ2) is 8.19. The molecule has 2 aromatic carbocycles. The maximum atomic E-state index is 11.5. The van der Waals surface area contributed by atoms with E-state index in [4.69, 9.17) is 23.2 Å². The topological polar surface area (TPSA) is 106 Å². The van der Waals surface area contributed by atoms with E-state index in [0.29, 0.717) is 21.2 Å². The van der Waals surface area contributed by atoms with Gasteiger partial charge < -0.3 is 10.2 Å². The first kappa shape index (κ1) is 17.6. The van der Waals surface area contributed by atoms with Gasteiger partial charge in [0.05, 0.1) is 12.4 Å². The number of rotatable bonds is 4. The molecular formula is C15H12Cl2N4O3. The van der Waals surface area contributed by atoms with E-state index in [1.807, 2.05) is 0 Å². The first-order valence-corrected chi connectivity index (χ1v) is 7.30. The van der Waals surface area contributed by atoms with Gasteiger partial charge in [0.2, 0.25) is 0 Å². The highest BCUT2D eigenvalue weighted by Crippen LogP contribution is 2.20. The molecule has 2 rings (SSSR count). The van der Waals surface area contributed by atoms with E-state index in [-0.39, 0.29) is 11.5 Å². The van der Waals surface area contributed by atoms with Crippen LogP contribution in [0.15, 0.2) is 46.6 Å². The Bertz CT molecular complexity index is 744. The summed E-state index contributed by atoms with van der Waals surface area (Å²) in [5.41, 5.74) is 4.99. The zero-order chi connectivity index (χ0) is 17.5. The third-order valence-electron chi connectivity index (χ3n) is 2.72. The average molecular weight is 367 g/mol. The van der Waals surface area contributed by atoms with Crippen LogP contribution in [0.2, 0.25) is 10.0 Å². The minimum absolute atomic E-state index is 0.0280. The number of carbonyl (C=O) groups excluding carboxylic acids is 1. The molecule has 2 amide bonds. The molecule has 0 heterocycles. The summed E-state index contributed by atoms with van der Waals surface area (Å²) in [6.07, 6.45) is 2.46. The molecule has 0 bridgehead atoms. The number of hydrazone groups is 2. The van der Waals surface area contributed by atoms with Crippen LogP contribution in [0.4, 0.5) is 4.79 Å². The van der Waals surface area contributed by atoms with E-state index >= 15 is 0 Å². The van der Waals surface area contributed by atoms with Gasteiger partial charge in [0.15, 0.2) is 0 Å². The number of nitrogens with one attached hydrogen (secondary N) is 2. The van der Waals surface area contributed by atoms with Crippen molar-refractivity contribution in [3.8, 4) is 11.5 Å². The third-order valence-corrected chi connectivity index (χ3v) is 3.19. The molecule has 0 aliphatic carbocycles. The molecule has 2 aromatic rings. The summed E-state index contributed by atoms with van der Waals surface area (Å²) in [5.74, 6) is -0.0559. The van der Waals surface area contributed by atoms with Gasteiger partial charge in [-0.2, -0.15) is 10.2 Å². The van der Waals surface area contributed by atoms with Crippen LogP contribution >= 0.6 is 23.2 Å². The van der Waals surface area contributed by atoms with Crippen molar-refractivity contribution < 1.29 is 15.0 Å². The Morgan fingerprint density at radius 1 is 0.875 bits per heavy atom. The molecule has 0 radical (unpaired) electrons. The lowest BCUT2D eigenvalue weighted by Crippen LogP contribution is -2.28. The van der Waals surface area contributed by atoms with Crippen LogP contribution in [0.5, 0.6) is 11.5 Å². The smallest absolute Gasteiger partial charge is 0.355 e. The molecule has 0 aliphatic heterocycles. The van der Waals surface area contributed by atoms with Crippen molar-refractivity contribution >= 4 is 41.7 Å². The van der Waals surface area contributed by atoms with Crippen LogP contribution in [0.1, 0.15) is 11.1 Å². The Hall–Kier alpha value is -2.77. The monoisotopic (exact) mass is 366 g/mol. The number of hydrogen-bond acceptors (Lipinski definition) is 5. The van der Waals surface area contributed by atoms with E-state index in [0.717, 1.165) is 0 Å². The van der Waals surface area contributed by atoms with Crippen molar-refractivity contribution in [2.45, 2.75) is 0 Å². The number of amides is 2. The number of phenols is 2. The van der Waals surface area contributed by atoms with Crippen molar-refractivity contribution in [3.63, 3.8) is 0 Å². The number of urea groups is 1. The fraction of sp³-hybridized carbons (Fsp3) is 0. The molecule has 0 aliphatic rings. The van der Waals surface area contributed by atoms with Crippen molar-refractivity contribution in [2.75, 3.05) is 0 Å². The Labute approximate surface area is 147 Å². The number of aromatic hydroxyl groups is 2. The first-order valence-electron chi connectivity index (χ1n) is 6.55. The maximum Gasteiger partial charge on any atom is 0.355 e. The van der Waals surface area contributed by atoms with Gasteiger partial charge in [-0.15, -0.1) is 0 Å². The number of carbonyl (C=O) groups is 1. The highest BCUT2D eigenvalue weighted by atomic mass is 35.5. The van der Waals surface area contributed by atoms with Crippen LogP contribution in [0, 0.1) is 0 Å². The summed E-state index contributed by atoms with van der Waals surface area (Å²) in [4.78, 5) is 11.5. The van der Waals surface area contributed by atoms with Crippen molar-refractivity contribution in [3.05, 3.63) is 57.6 Å². The minimum Gasteiger partial charge on any atom is -0.507 e. The lowest BCUT2D eigenvalue weighted by Gasteiger charge is -2.01. The Kier molecular flexibility index (Phi) is 6.00. The number of halogens is 2. The van der Waals surface area contributed by atoms with Gasteiger partial charge >= 0.3 is 6.03 Å². The van der Waals surface area contributed by atoms with Crippen molar-refractivity contribution in [1.29, 1.82) is 0 Å². The number of phenolic OH excluding ortho intramolecular Hbond substituents is 2. The summed E-state index contributed by atoms with van der Waals surface area (Å²) in [6.45, 7) is 0. The SMILES string of the molecule is O=C(NN=Cc1cc(Cl)ccc1O)N/N=C/c1cc(Cl)ccc1O. The molecule has 24 heavy (non-hydrogen) atoms. The van der Waals surface area contributed by atoms with E-state index in [2.05, 4.69) is 21.1 Å². The number of benzene rings is 2. The lowest BCUT2D eigenvalue weighted by atomic mass is 10.2. The predicted octanol–water partition coefficient (Wildman–Crippen LogP) is 3.07. The second-order valence-electron chi connectivity index (χ2n) is 4.48. The minimum atomic E-state index is -0.717. The molecule has 0 atom stereocenters. The predicted molar refractivity (Wildman–Crippen MR) is 93.1 cm³/mol. The molecule has 9 heteroatoms. The second-order valence-corrected chi connectivity index (χ2v) is 5.35. The van der Waals surface area contributed by atoms with Gasteiger partial charge in [-0.05, 0) is 36.4 Å². The maximum absolute atomic E-state index is 11.5. The van der Waals surface area contributed by atoms with Gasteiger partial charge in [0.25, 0.3) is 0 Å². The third kappa shape index (κ3) is 5.15. The molecule has 0 aromatic heterocycles. The first-order chi connectivity index (χ1) is 11.5. The van der Waals surface area contributed by atoms with Gasteiger partial charge in [0, 0.05) is 21.2 Å². The van der Waals surface area contributed by atoms with Crippen molar-refractivity contribution in [1.82, 2.24) is 10.9 Å². The van der Waals surface area contributed by atoms with Gasteiger partial charge in [0.1, 0.15) is 11.5 Å². The number of hydrogen-bond donors (Lipinski definition) is 4. The molecule has 0 saturated heterocycles. The van der Waals surface area contributed by atoms with Gasteiger partial charge in [-0.25, -0.2) is 15.6 Å². The van der Waals surface area contributed by atoms with E-state index in [1.165, 1.54) is 48.8 Å². The lowest BCUT2D eigenvalue weighted by molar-refractivity contribution is 0.242. The zero-order valence-electron chi connectivity index (χ0n) is 12.1. The fourth-order valence-electron chi connectivity index (χ4n) is 1.60. The summed E-state index contributed by atoms with van der Waals surface area (Å²) in [6, 6.07) is 8.12. The van der Waals surface area contributed by atoms with Gasteiger partial charge in [-0.1, -0.05) is 23.2 Å². The van der Waals surface area contributed by atoms with Crippen LogP contribution in [0.3, 0.4) is 0 Å². The van der Waals surface area contributed by atoms with E-state index in [1.54, 1.807) is 0 Å². The molecule has 0 fully saturated rings. The van der Waals surface area contributed by atoms with E-state index in [9.17, 15) is 15.0 Å². The zero-order valence-corrected chi connectivity index (χ0v) is 13.6. The highest BCUT2D eigenvalue weighted by Gasteiger charge is 2.01. The molecule has 0 spiro atoms. The summed E-state index contributed by atoms with van der Waals surface area (Å²) < 4.78 is 0. The normalized spacial score (nSPS) is 11.1. The standard InChI is InChI=1S/C15H12Cl2N4O3/c16-11-1-3-13(22)9(5-11)7-18-20-15(24)21-19-8-10-6-12(17)2-4-14(10)23/h1-8,22-23H,(H2,20,21,24)/b18-7+,19-8?. The highest BCUT2D eigenvalue weighted by molar-refractivity contribution is 6.31. The van der Waals surface area contributed by atoms with Crippen LogP contribution < -0.4 is 10.9 Å². The Morgan fingerprint density at radius 2 is 1.29 bits per heavy atom. The molecule has 0 unspecified atom stereocenters. The average Bonchev–Trinajstić information content (AvgIpc) is 2.54. The van der Waals surface area contributed by atoms with Crippen LogP contribution in [-0.2, 0) is 0 Å². The van der Waals surface area contributed by atoms with E-state index < -0.39 is 6.03 Å². The summed E-state index contributed by atoms with van der Waals surface area (Å²) in [7, 11) is 0. The quantitative estimate of drug-likeness (QED) is 0.493. The molecule has 124 valence electrons. The molecular weight excluding hydrogens is 355 g/mol.